The van der Waals surface area contributed by atoms with Crippen molar-refractivity contribution >= 4 is 28.6 Å². The molecule has 180 valence electrons. The second kappa shape index (κ2) is 11.3. The number of benzene rings is 2. The molecule has 0 N–H and O–H groups in total. The van der Waals surface area contributed by atoms with Gasteiger partial charge in [-0.3, -0.25) is 4.79 Å². The number of oxime groups is 1. The molecule has 35 heavy (non-hydrogen) atoms. The zero-order valence-corrected chi connectivity index (χ0v) is 19.3. The van der Waals surface area contributed by atoms with Gasteiger partial charge in [-0.15, -0.1) is 0 Å². The first-order valence-corrected chi connectivity index (χ1v) is 11.3. The average molecular weight is 476 g/mol. The molecule has 0 atom stereocenters. The van der Waals surface area contributed by atoms with Crippen LogP contribution in [0.25, 0.3) is 11.0 Å². The Bertz CT molecular complexity index is 1270. The van der Waals surface area contributed by atoms with E-state index in [9.17, 15) is 9.59 Å². The Hall–Kier alpha value is -4.23. The van der Waals surface area contributed by atoms with E-state index in [1.807, 2.05) is 18.2 Å². The molecule has 0 bridgehead atoms. The third kappa shape index (κ3) is 5.65. The van der Waals surface area contributed by atoms with E-state index in [4.69, 9.17) is 19.6 Å². The topological polar surface area (TPSA) is 119 Å². The summed E-state index contributed by atoms with van der Waals surface area (Å²) < 4.78 is 12.2. The van der Waals surface area contributed by atoms with E-state index in [1.54, 1.807) is 46.7 Å². The Morgan fingerprint density at radius 1 is 1.14 bits per heavy atom. The predicted octanol–water partition coefficient (Wildman–Crippen LogP) is 2.25. The zero-order valence-electron chi connectivity index (χ0n) is 19.3. The van der Waals surface area contributed by atoms with Crippen LogP contribution in [0.4, 0.5) is 0 Å². The summed E-state index contributed by atoms with van der Waals surface area (Å²) in [5.41, 5.74) is 2.47. The fraction of sp³-hybridized carbons (Fsp3) is 0.320. The molecule has 10 nitrogen and oxygen atoms in total. The van der Waals surface area contributed by atoms with Crippen LogP contribution in [0, 0.1) is 11.3 Å². The number of carbonyl (C=O) groups excluding carboxylic acids is 2. The Balaban J connectivity index is 1.66. The molecule has 1 amide bonds. The SMILES string of the molecule is CCOC(=O)/C(=N\OCc1ccc(C#N)cc1)c1nc2ccccc2n1CC(=O)N1CCOCC1. The number of nitrogens with zero attached hydrogens (tertiary/aromatic N) is 5. The van der Waals surface area contributed by atoms with Gasteiger partial charge in [0, 0.05) is 13.1 Å². The molecule has 3 aromatic rings. The van der Waals surface area contributed by atoms with Gasteiger partial charge in [0.05, 0.1) is 42.5 Å². The number of amides is 1. The van der Waals surface area contributed by atoms with E-state index in [0.717, 1.165) is 5.56 Å². The molecule has 10 heteroatoms. The van der Waals surface area contributed by atoms with Gasteiger partial charge in [0.15, 0.2) is 5.82 Å². The Morgan fingerprint density at radius 3 is 2.60 bits per heavy atom. The molecule has 0 saturated carbocycles. The average Bonchev–Trinajstić information content (AvgIpc) is 3.25. The summed E-state index contributed by atoms with van der Waals surface area (Å²) in [7, 11) is 0. The van der Waals surface area contributed by atoms with Crippen LogP contribution >= 0.6 is 0 Å². The predicted molar refractivity (Wildman–Crippen MR) is 126 cm³/mol. The molecular weight excluding hydrogens is 450 g/mol. The second-order valence-electron chi connectivity index (χ2n) is 7.75. The van der Waals surface area contributed by atoms with Crippen LogP contribution in [-0.2, 0) is 37.1 Å². The van der Waals surface area contributed by atoms with Crippen LogP contribution in [0.2, 0.25) is 0 Å². The second-order valence-corrected chi connectivity index (χ2v) is 7.75. The van der Waals surface area contributed by atoms with E-state index < -0.39 is 5.97 Å². The van der Waals surface area contributed by atoms with E-state index >= 15 is 0 Å². The van der Waals surface area contributed by atoms with Gasteiger partial charge in [-0.2, -0.15) is 5.26 Å². The summed E-state index contributed by atoms with van der Waals surface area (Å²) in [5.74, 6) is -0.631. The normalized spacial score (nSPS) is 13.9. The number of esters is 1. The van der Waals surface area contributed by atoms with Crippen molar-refractivity contribution in [2.75, 3.05) is 32.9 Å². The van der Waals surface area contributed by atoms with Crippen LogP contribution in [0.15, 0.2) is 53.7 Å². The van der Waals surface area contributed by atoms with Gasteiger partial charge in [0.2, 0.25) is 11.6 Å². The maximum Gasteiger partial charge on any atom is 0.364 e. The maximum atomic E-state index is 13.0. The Morgan fingerprint density at radius 2 is 1.89 bits per heavy atom. The highest BCUT2D eigenvalue weighted by molar-refractivity contribution is 6.42. The number of carbonyl (C=O) groups is 2. The van der Waals surface area contributed by atoms with Gasteiger partial charge in [-0.25, -0.2) is 9.78 Å². The number of nitriles is 1. The number of hydrogen-bond donors (Lipinski definition) is 0. The number of rotatable bonds is 8. The molecule has 2 heterocycles. The molecule has 0 unspecified atom stereocenters. The lowest BCUT2D eigenvalue weighted by Crippen LogP contribution is -2.42. The quantitative estimate of drug-likeness (QED) is 0.278. The summed E-state index contributed by atoms with van der Waals surface area (Å²) in [6, 6.07) is 16.2. The first-order valence-electron chi connectivity index (χ1n) is 11.3. The highest BCUT2D eigenvalue weighted by atomic mass is 16.6. The summed E-state index contributed by atoms with van der Waals surface area (Å²) in [4.78, 5) is 37.7. The van der Waals surface area contributed by atoms with Crippen molar-refractivity contribution < 1.29 is 23.9 Å². The third-order valence-electron chi connectivity index (χ3n) is 5.46. The minimum atomic E-state index is -0.706. The fourth-order valence-electron chi connectivity index (χ4n) is 3.68. The highest BCUT2D eigenvalue weighted by Gasteiger charge is 2.27. The van der Waals surface area contributed by atoms with Crippen molar-refractivity contribution in [3.05, 3.63) is 65.5 Å². The standard InChI is InChI=1S/C25H25N5O5/c1-2-34-25(32)23(28-35-17-19-9-7-18(15-26)8-10-19)24-27-20-5-3-4-6-21(20)30(24)16-22(31)29-11-13-33-14-12-29/h3-10H,2,11-14,16-17H2,1H3/b28-23-. The number of fused-ring (bicyclic) bond motifs is 1. The van der Waals surface area contributed by atoms with Crippen LogP contribution in [0.5, 0.6) is 0 Å². The van der Waals surface area contributed by atoms with Gasteiger partial charge in [0.1, 0.15) is 13.2 Å². The molecule has 1 aliphatic rings. The van der Waals surface area contributed by atoms with Crippen molar-refractivity contribution in [3.8, 4) is 6.07 Å². The minimum absolute atomic E-state index is 0.0239. The van der Waals surface area contributed by atoms with Gasteiger partial charge < -0.3 is 23.8 Å². The van der Waals surface area contributed by atoms with Gasteiger partial charge in [0.25, 0.3) is 0 Å². The van der Waals surface area contributed by atoms with E-state index in [0.29, 0.717) is 42.9 Å². The van der Waals surface area contributed by atoms with Crippen molar-refractivity contribution in [1.82, 2.24) is 14.5 Å². The Kier molecular flexibility index (Phi) is 7.70. The number of hydrogen-bond acceptors (Lipinski definition) is 8. The summed E-state index contributed by atoms with van der Waals surface area (Å²) in [6.45, 7) is 3.87. The Labute approximate surface area is 202 Å². The minimum Gasteiger partial charge on any atom is -0.461 e. The summed E-state index contributed by atoms with van der Waals surface area (Å²) in [6.07, 6.45) is 0. The molecule has 0 radical (unpaired) electrons. The molecule has 1 fully saturated rings. The molecule has 1 aliphatic heterocycles. The molecule has 1 aromatic heterocycles. The van der Waals surface area contributed by atoms with E-state index in [2.05, 4.69) is 16.2 Å². The molecular formula is C25H25N5O5. The number of imidazole rings is 1. The lowest BCUT2D eigenvalue weighted by molar-refractivity contribution is -0.136. The van der Waals surface area contributed by atoms with E-state index in [-0.39, 0.29) is 37.2 Å². The van der Waals surface area contributed by atoms with Crippen LogP contribution < -0.4 is 0 Å². The van der Waals surface area contributed by atoms with Gasteiger partial charge >= 0.3 is 5.97 Å². The van der Waals surface area contributed by atoms with Crippen molar-refractivity contribution in [2.24, 2.45) is 5.16 Å². The van der Waals surface area contributed by atoms with Crippen LogP contribution in [0.1, 0.15) is 23.9 Å². The van der Waals surface area contributed by atoms with Crippen LogP contribution in [-0.4, -0.2) is 64.9 Å². The highest BCUT2D eigenvalue weighted by Crippen LogP contribution is 2.18. The number of morpholine rings is 1. The zero-order chi connectivity index (χ0) is 24.6. The first-order chi connectivity index (χ1) is 17.1. The van der Waals surface area contributed by atoms with Crippen molar-refractivity contribution in [3.63, 3.8) is 0 Å². The maximum absolute atomic E-state index is 13.0. The monoisotopic (exact) mass is 475 g/mol. The smallest absolute Gasteiger partial charge is 0.364 e. The fourth-order valence-corrected chi connectivity index (χ4v) is 3.68. The van der Waals surface area contributed by atoms with Gasteiger partial charge in [-0.05, 0) is 36.8 Å². The van der Waals surface area contributed by atoms with Crippen LogP contribution in [0.3, 0.4) is 0 Å². The lowest BCUT2D eigenvalue weighted by atomic mass is 10.2. The number of aromatic nitrogens is 2. The molecule has 0 spiro atoms. The summed E-state index contributed by atoms with van der Waals surface area (Å²) in [5, 5.41) is 13.0. The molecule has 0 aliphatic carbocycles. The third-order valence-corrected chi connectivity index (χ3v) is 5.46. The molecule has 2 aromatic carbocycles. The molecule has 4 rings (SSSR count). The van der Waals surface area contributed by atoms with Gasteiger partial charge in [-0.1, -0.05) is 29.4 Å². The lowest BCUT2D eigenvalue weighted by Gasteiger charge is -2.27. The van der Waals surface area contributed by atoms with Crippen molar-refractivity contribution in [2.45, 2.75) is 20.1 Å². The molecule has 1 saturated heterocycles. The number of ether oxygens (including phenoxy) is 2. The summed E-state index contributed by atoms with van der Waals surface area (Å²) >= 11 is 0. The van der Waals surface area contributed by atoms with E-state index in [1.165, 1.54) is 0 Å². The number of para-hydroxylation sites is 2. The largest absolute Gasteiger partial charge is 0.461 e. The first kappa shape index (κ1) is 23.9. The van der Waals surface area contributed by atoms with Crippen molar-refractivity contribution in [1.29, 1.82) is 5.26 Å².